The Bertz CT molecular complexity index is 490. The first-order valence-electron chi connectivity index (χ1n) is 8.42. The second-order valence-corrected chi connectivity index (χ2v) is 7.47. The standard InChI is InChI=1S/C16H27N3O5/c1-16(2,3)24-14(21)17-12(10-11-4-5-11)13(20)18-6-8-19(9-7-18)15(22)23/h11-12H,4-10H2,1-3H3,(H,17,21)(H,22,23)/t12-/m0/s1. The molecule has 2 rings (SSSR count). The zero-order valence-corrected chi connectivity index (χ0v) is 14.6. The van der Waals surface area contributed by atoms with Gasteiger partial charge in [0.1, 0.15) is 11.6 Å². The second kappa shape index (κ2) is 7.27. The fourth-order valence-electron chi connectivity index (χ4n) is 2.70. The van der Waals surface area contributed by atoms with E-state index in [1.807, 2.05) is 0 Å². The van der Waals surface area contributed by atoms with Crippen LogP contribution in [0.2, 0.25) is 0 Å². The summed E-state index contributed by atoms with van der Waals surface area (Å²) in [4.78, 5) is 38.6. The molecule has 2 fully saturated rings. The van der Waals surface area contributed by atoms with Crippen LogP contribution in [0.25, 0.3) is 0 Å². The summed E-state index contributed by atoms with van der Waals surface area (Å²) in [6.45, 7) is 6.61. The lowest BCUT2D eigenvalue weighted by atomic mass is 10.1. The summed E-state index contributed by atoms with van der Waals surface area (Å²) in [6, 6.07) is -0.608. The highest BCUT2D eigenvalue weighted by Crippen LogP contribution is 2.34. The zero-order valence-electron chi connectivity index (χ0n) is 14.6. The number of nitrogens with zero attached hydrogens (tertiary/aromatic N) is 2. The van der Waals surface area contributed by atoms with E-state index >= 15 is 0 Å². The van der Waals surface area contributed by atoms with Crippen LogP contribution >= 0.6 is 0 Å². The summed E-state index contributed by atoms with van der Waals surface area (Å²) in [5, 5.41) is 11.7. The van der Waals surface area contributed by atoms with Crippen LogP contribution < -0.4 is 5.32 Å². The van der Waals surface area contributed by atoms with Crippen molar-refractivity contribution in [3.63, 3.8) is 0 Å². The number of carbonyl (C=O) groups is 3. The average molecular weight is 341 g/mol. The molecule has 1 atom stereocenters. The van der Waals surface area contributed by atoms with Gasteiger partial charge in [0.2, 0.25) is 5.91 Å². The molecular formula is C16H27N3O5. The smallest absolute Gasteiger partial charge is 0.408 e. The average Bonchev–Trinajstić information content (AvgIpc) is 3.28. The number of hydrogen-bond donors (Lipinski definition) is 2. The van der Waals surface area contributed by atoms with Crippen LogP contribution in [0.5, 0.6) is 0 Å². The van der Waals surface area contributed by atoms with E-state index in [0.29, 0.717) is 38.5 Å². The molecule has 0 aromatic carbocycles. The van der Waals surface area contributed by atoms with Crippen LogP contribution in [0.4, 0.5) is 9.59 Å². The fraction of sp³-hybridized carbons (Fsp3) is 0.812. The van der Waals surface area contributed by atoms with E-state index in [9.17, 15) is 14.4 Å². The van der Waals surface area contributed by atoms with Crippen molar-refractivity contribution in [3.8, 4) is 0 Å². The van der Waals surface area contributed by atoms with Crippen LogP contribution in [-0.4, -0.2) is 70.8 Å². The normalized spacial score (nSPS) is 19.6. The highest BCUT2D eigenvalue weighted by atomic mass is 16.6. The number of hydrogen-bond acceptors (Lipinski definition) is 4. The summed E-state index contributed by atoms with van der Waals surface area (Å²) >= 11 is 0. The SMILES string of the molecule is CC(C)(C)OC(=O)N[C@@H](CC1CC1)C(=O)N1CCN(C(=O)O)CC1. The van der Waals surface area contributed by atoms with E-state index in [1.165, 1.54) is 4.90 Å². The molecule has 0 unspecified atom stereocenters. The van der Waals surface area contributed by atoms with Crippen LogP contribution in [0.3, 0.4) is 0 Å². The van der Waals surface area contributed by atoms with E-state index < -0.39 is 23.8 Å². The molecule has 1 aliphatic carbocycles. The first kappa shape index (κ1) is 18.4. The summed E-state index contributed by atoms with van der Waals surface area (Å²) in [6.07, 6.45) is 1.20. The number of amides is 3. The van der Waals surface area contributed by atoms with Crippen molar-refractivity contribution in [1.82, 2.24) is 15.1 Å². The van der Waals surface area contributed by atoms with Gasteiger partial charge in [-0.05, 0) is 33.1 Å². The Hall–Kier alpha value is -1.99. The van der Waals surface area contributed by atoms with Gasteiger partial charge in [0.15, 0.2) is 0 Å². The Labute approximate surface area is 142 Å². The molecule has 1 heterocycles. The quantitative estimate of drug-likeness (QED) is 0.807. The van der Waals surface area contributed by atoms with Crippen molar-refractivity contribution < 1.29 is 24.2 Å². The number of alkyl carbamates (subject to hydrolysis) is 1. The number of carbonyl (C=O) groups excluding carboxylic acids is 2. The highest BCUT2D eigenvalue weighted by molar-refractivity contribution is 5.86. The topological polar surface area (TPSA) is 99.2 Å². The number of nitrogens with one attached hydrogen (secondary N) is 1. The van der Waals surface area contributed by atoms with Crippen molar-refractivity contribution in [1.29, 1.82) is 0 Å². The fourth-order valence-corrected chi connectivity index (χ4v) is 2.70. The van der Waals surface area contributed by atoms with Crippen LogP contribution in [0.15, 0.2) is 0 Å². The minimum atomic E-state index is -0.969. The van der Waals surface area contributed by atoms with Crippen molar-refractivity contribution in [2.24, 2.45) is 5.92 Å². The van der Waals surface area contributed by atoms with Crippen LogP contribution in [0.1, 0.15) is 40.0 Å². The van der Waals surface area contributed by atoms with Crippen LogP contribution in [0, 0.1) is 5.92 Å². The van der Waals surface area contributed by atoms with E-state index in [-0.39, 0.29) is 5.91 Å². The lowest BCUT2D eigenvalue weighted by Crippen LogP contribution is -2.56. The minimum Gasteiger partial charge on any atom is -0.465 e. The third-order valence-corrected chi connectivity index (χ3v) is 4.12. The summed E-state index contributed by atoms with van der Waals surface area (Å²) < 4.78 is 5.25. The molecule has 2 aliphatic rings. The highest BCUT2D eigenvalue weighted by Gasteiger charge is 2.35. The Kier molecular flexibility index (Phi) is 5.56. The number of rotatable bonds is 4. The van der Waals surface area contributed by atoms with Gasteiger partial charge in [0.25, 0.3) is 0 Å². The molecule has 1 saturated carbocycles. The third kappa shape index (κ3) is 5.58. The molecule has 136 valence electrons. The summed E-state index contributed by atoms with van der Waals surface area (Å²) in [7, 11) is 0. The molecule has 0 aromatic rings. The van der Waals surface area contributed by atoms with Crippen molar-refractivity contribution in [2.75, 3.05) is 26.2 Å². The molecule has 2 N–H and O–H groups in total. The Morgan fingerprint density at radius 2 is 1.67 bits per heavy atom. The van der Waals surface area contributed by atoms with Crippen LogP contribution in [-0.2, 0) is 9.53 Å². The van der Waals surface area contributed by atoms with Gasteiger partial charge >= 0.3 is 12.2 Å². The van der Waals surface area contributed by atoms with Gasteiger partial charge in [-0.2, -0.15) is 0 Å². The molecule has 0 bridgehead atoms. The Balaban J connectivity index is 1.93. The number of ether oxygens (including phenoxy) is 1. The van der Waals surface area contributed by atoms with Gasteiger partial charge in [-0.15, -0.1) is 0 Å². The number of piperazine rings is 1. The zero-order chi connectivity index (χ0) is 17.9. The molecule has 0 spiro atoms. The number of carboxylic acid groups (broad SMARTS) is 1. The van der Waals surface area contributed by atoms with Crippen molar-refractivity contribution >= 4 is 18.1 Å². The molecule has 0 aromatic heterocycles. The van der Waals surface area contributed by atoms with E-state index in [4.69, 9.17) is 9.84 Å². The van der Waals surface area contributed by atoms with E-state index in [2.05, 4.69) is 5.32 Å². The first-order valence-corrected chi connectivity index (χ1v) is 8.42. The van der Waals surface area contributed by atoms with Gasteiger partial charge in [-0.25, -0.2) is 9.59 Å². The van der Waals surface area contributed by atoms with Crippen molar-refractivity contribution in [3.05, 3.63) is 0 Å². The molecule has 3 amide bonds. The van der Waals surface area contributed by atoms with E-state index in [0.717, 1.165) is 12.8 Å². The molecule has 8 nitrogen and oxygen atoms in total. The van der Waals surface area contributed by atoms with Gasteiger partial charge in [0.05, 0.1) is 0 Å². The molecule has 24 heavy (non-hydrogen) atoms. The lowest BCUT2D eigenvalue weighted by Gasteiger charge is -2.35. The van der Waals surface area contributed by atoms with Gasteiger partial charge in [-0.3, -0.25) is 4.79 Å². The van der Waals surface area contributed by atoms with E-state index in [1.54, 1.807) is 25.7 Å². The second-order valence-electron chi connectivity index (χ2n) is 7.47. The largest absolute Gasteiger partial charge is 0.465 e. The molecule has 0 radical (unpaired) electrons. The maximum Gasteiger partial charge on any atom is 0.408 e. The van der Waals surface area contributed by atoms with Crippen molar-refractivity contribution in [2.45, 2.75) is 51.7 Å². The molecule has 8 heteroatoms. The minimum absolute atomic E-state index is 0.155. The molecular weight excluding hydrogens is 314 g/mol. The van der Waals surface area contributed by atoms with Gasteiger partial charge in [-0.1, -0.05) is 12.8 Å². The Morgan fingerprint density at radius 3 is 2.12 bits per heavy atom. The summed E-state index contributed by atoms with van der Waals surface area (Å²) in [5.41, 5.74) is -0.621. The maximum atomic E-state index is 12.7. The molecule has 1 aliphatic heterocycles. The maximum absolute atomic E-state index is 12.7. The molecule has 1 saturated heterocycles. The predicted octanol–water partition coefficient (Wildman–Crippen LogP) is 1.50. The Morgan fingerprint density at radius 1 is 1.12 bits per heavy atom. The third-order valence-electron chi connectivity index (χ3n) is 4.12. The monoisotopic (exact) mass is 341 g/mol. The lowest BCUT2D eigenvalue weighted by molar-refractivity contribution is -0.135. The predicted molar refractivity (Wildman–Crippen MR) is 86.7 cm³/mol. The van der Waals surface area contributed by atoms with Gasteiger partial charge < -0.3 is 25.0 Å². The van der Waals surface area contributed by atoms with Gasteiger partial charge in [0, 0.05) is 26.2 Å². The summed E-state index contributed by atoms with van der Waals surface area (Å²) in [5.74, 6) is 0.312. The first-order chi connectivity index (χ1) is 11.2.